The third-order valence-electron chi connectivity index (χ3n) is 2.65. The summed E-state index contributed by atoms with van der Waals surface area (Å²) in [6.07, 6.45) is 8.85. The molecule has 104 valence electrons. The van der Waals surface area contributed by atoms with Crippen molar-refractivity contribution in [2.45, 2.75) is 90.0 Å². The van der Waals surface area contributed by atoms with Crippen LogP contribution in [0.5, 0.6) is 0 Å². The summed E-state index contributed by atoms with van der Waals surface area (Å²) < 4.78 is 5.04. The normalized spacial score (nSPS) is 10.0. The van der Waals surface area contributed by atoms with Gasteiger partial charge in [0.25, 0.3) is 0 Å². The SMILES string of the molecule is CCC[CH2][Sn]([CH2]CCC)[CH2]CCC.[CH3][Al-]([CH3])[CH3].[Li+]. The maximum Gasteiger partial charge on any atom is 1.00 e. The van der Waals surface area contributed by atoms with Crippen LogP contribution < -0.4 is 18.9 Å². The predicted molar refractivity (Wildman–Crippen MR) is 88.2 cm³/mol. The molecule has 0 bridgehead atoms. The molecule has 0 amide bonds. The van der Waals surface area contributed by atoms with Crippen LogP contribution in [-0.4, -0.2) is 33.9 Å². The van der Waals surface area contributed by atoms with Crippen molar-refractivity contribution in [3.05, 3.63) is 0 Å². The van der Waals surface area contributed by atoms with E-state index in [1.807, 2.05) is 0 Å². The third-order valence-corrected chi connectivity index (χ3v) is 11.7. The Kier molecular flexibility index (Phi) is 29.4. The fourth-order valence-corrected chi connectivity index (χ4v) is 11.1. The van der Waals surface area contributed by atoms with Gasteiger partial charge in [0.05, 0.1) is 0 Å². The zero-order chi connectivity index (χ0) is 13.5. The molecule has 0 rings (SSSR count). The van der Waals surface area contributed by atoms with Gasteiger partial charge in [-0.25, -0.2) is 17.4 Å². The summed E-state index contributed by atoms with van der Waals surface area (Å²) in [5, 5.41) is 0. The molecule has 0 aromatic rings. The number of hydrogen-bond acceptors (Lipinski definition) is 0. The van der Waals surface area contributed by atoms with E-state index in [1.54, 1.807) is 13.3 Å². The van der Waals surface area contributed by atoms with Gasteiger partial charge in [-0.15, -0.1) is 0 Å². The molecule has 0 spiro atoms. The molecule has 18 heavy (non-hydrogen) atoms. The first kappa shape index (κ1) is 24.9. The molecule has 0 saturated heterocycles. The molecule has 0 aromatic carbocycles. The fourth-order valence-electron chi connectivity index (χ4n) is 1.66. The Bertz CT molecular complexity index is 110. The van der Waals surface area contributed by atoms with Gasteiger partial charge in [-0.3, -0.25) is 0 Å². The zero-order valence-electron chi connectivity index (χ0n) is 14.4. The van der Waals surface area contributed by atoms with Gasteiger partial charge in [0.15, 0.2) is 0 Å². The fraction of sp³-hybridized carbons (Fsp3) is 1.00. The van der Waals surface area contributed by atoms with Gasteiger partial charge < -0.3 is 0 Å². The van der Waals surface area contributed by atoms with Gasteiger partial charge in [0.1, 0.15) is 0 Å². The first-order valence-corrected chi connectivity index (χ1v) is 17.4. The molecule has 0 fully saturated rings. The predicted octanol–water partition coefficient (Wildman–Crippen LogP) is 3.26. The van der Waals surface area contributed by atoms with Crippen LogP contribution in [0.15, 0.2) is 0 Å². The molecule has 0 aliphatic rings. The van der Waals surface area contributed by atoms with E-state index in [9.17, 15) is 0 Å². The van der Waals surface area contributed by atoms with Crippen LogP contribution in [0.4, 0.5) is 0 Å². The Morgan fingerprint density at radius 1 is 0.667 bits per heavy atom. The molecule has 0 N–H and O–H groups in total. The Balaban J connectivity index is -0.000000392. The van der Waals surface area contributed by atoms with Crippen LogP contribution in [0.2, 0.25) is 30.7 Å². The molecule has 0 aromatic heterocycles. The second-order valence-electron chi connectivity index (χ2n) is 5.79. The van der Waals surface area contributed by atoms with Crippen LogP contribution in [0.25, 0.3) is 0 Å². The monoisotopic (exact) mass is 370 g/mol. The van der Waals surface area contributed by atoms with Gasteiger partial charge in [0.2, 0.25) is 0 Å². The topological polar surface area (TPSA) is 0 Å². The van der Waals surface area contributed by atoms with Crippen molar-refractivity contribution in [1.82, 2.24) is 0 Å². The standard InChI is InChI=1S/3C4H9.3CH3.Al.Li.Sn/c3*1-3-4-2;;;;;;/h3*1,3-4H2,2H3;3*1H3;;;/q;;;;;;-1;+1;. The molecule has 0 aliphatic heterocycles. The summed E-state index contributed by atoms with van der Waals surface area (Å²) >= 11 is -0.978. The minimum absolute atomic E-state index is 0. The number of unbranched alkanes of at least 4 members (excludes halogenated alkanes) is 3. The maximum absolute atomic E-state index is 2.33. The van der Waals surface area contributed by atoms with E-state index in [0.29, 0.717) is 0 Å². The summed E-state index contributed by atoms with van der Waals surface area (Å²) in [6, 6.07) is 0. The van der Waals surface area contributed by atoms with Crippen LogP contribution in [0.3, 0.4) is 0 Å². The van der Waals surface area contributed by atoms with E-state index in [4.69, 9.17) is 0 Å². The van der Waals surface area contributed by atoms with Crippen LogP contribution in [0.1, 0.15) is 59.3 Å². The first-order valence-electron chi connectivity index (χ1n) is 7.91. The van der Waals surface area contributed by atoms with E-state index >= 15 is 0 Å². The quantitative estimate of drug-likeness (QED) is 0.548. The smallest absolute Gasteiger partial charge is 0.234 e. The van der Waals surface area contributed by atoms with Crippen molar-refractivity contribution in [2.75, 3.05) is 0 Å². The summed E-state index contributed by atoms with van der Waals surface area (Å²) in [7, 11) is 0. The van der Waals surface area contributed by atoms with Crippen LogP contribution >= 0.6 is 0 Å². The van der Waals surface area contributed by atoms with Gasteiger partial charge in [-0.1, -0.05) is 0 Å². The Labute approximate surface area is 141 Å². The molecule has 0 atom stereocenters. The van der Waals surface area contributed by atoms with Crippen LogP contribution in [0, 0.1) is 0 Å². The average Bonchev–Trinajstić information content (AvgIpc) is 2.27. The van der Waals surface area contributed by atoms with Gasteiger partial charge >= 0.3 is 111 Å². The zero-order valence-corrected chi connectivity index (χ0v) is 18.5. The largest absolute Gasteiger partial charge is 1.00 e. The first-order chi connectivity index (χ1) is 8.08. The summed E-state index contributed by atoms with van der Waals surface area (Å²) in [6.45, 7) is 7.00. The summed E-state index contributed by atoms with van der Waals surface area (Å²) in [5.41, 5.74) is 0. The molecular weight excluding hydrogens is 333 g/mol. The van der Waals surface area contributed by atoms with Crippen molar-refractivity contribution in [3.63, 3.8) is 0 Å². The Morgan fingerprint density at radius 3 is 1.06 bits per heavy atom. The van der Waals surface area contributed by atoms with E-state index in [-0.39, 0.29) is 33.0 Å². The Morgan fingerprint density at radius 2 is 0.889 bits per heavy atom. The second kappa shape index (κ2) is 21.2. The van der Waals surface area contributed by atoms with Crippen molar-refractivity contribution >= 4 is 33.9 Å². The van der Waals surface area contributed by atoms with E-state index < -0.39 is 19.8 Å². The summed E-state index contributed by atoms with van der Waals surface area (Å²) in [4.78, 5) is 0. The van der Waals surface area contributed by atoms with Crippen molar-refractivity contribution in [3.8, 4) is 0 Å². The minimum atomic E-state index is -0.839. The van der Waals surface area contributed by atoms with E-state index in [1.165, 1.54) is 38.5 Å². The number of rotatable bonds is 9. The third kappa shape index (κ3) is 26.5. The molecule has 0 nitrogen and oxygen atoms in total. The molecular formula is C15H36AlLiSn. The molecule has 3 heteroatoms. The van der Waals surface area contributed by atoms with Crippen molar-refractivity contribution in [1.29, 1.82) is 0 Å². The van der Waals surface area contributed by atoms with E-state index in [2.05, 4.69) is 38.1 Å². The molecule has 0 aliphatic carbocycles. The maximum atomic E-state index is 2.33. The molecule has 2 radical (unpaired) electrons. The van der Waals surface area contributed by atoms with Crippen molar-refractivity contribution < 1.29 is 18.9 Å². The minimum Gasteiger partial charge on any atom is -0.234 e. The second-order valence-corrected chi connectivity index (χ2v) is 17.8. The molecule has 0 heterocycles. The van der Waals surface area contributed by atoms with Crippen LogP contribution in [-0.2, 0) is 0 Å². The Hall–Kier alpha value is 1.93. The summed E-state index contributed by atoms with van der Waals surface area (Å²) in [5.74, 6) is 6.92. The number of hydrogen-bond donors (Lipinski definition) is 0. The van der Waals surface area contributed by atoms with Gasteiger partial charge in [-0.05, 0) is 14.1 Å². The van der Waals surface area contributed by atoms with E-state index in [0.717, 1.165) is 0 Å². The molecule has 0 unspecified atom stereocenters. The van der Waals surface area contributed by atoms with Crippen molar-refractivity contribution in [2.24, 2.45) is 0 Å². The molecule has 0 saturated carbocycles. The van der Waals surface area contributed by atoms with Gasteiger partial charge in [0, 0.05) is 0 Å². The van der Waals surface area contributed by atoms with Gasteiger partial charge in [-0.2, -0.15) is 0 Å². The average molecular weight is 369 g/mol.